The molecule has 2 rings (SSSR count). The lowest BCUT2D eigenvalue weighted by Crippen LogP contribution is -2.58. The molecule has 0 spiro atoms. The van der Waals surface area contributed by atoms with Crippen LogP contribution < -0.4 is 5.32 Å². The predicted octanol–water partition coefficient (Wildman–Crippen LogP) is 0.605. The van der Waals surface area contributed by atoms with Crippen molar-refractivity contribution in [2.45, 2.75) is 50.6 Å². The van der Waals surface area contributed by atoms with Gasteiger partial charge in [-0.15, -0.1) is 10.2 Å². The first-order chi connectivity index (χ1) is 9.08. The van der Waals surface area contributed by atoms with E-state index in [1.54, 1.807) is 0 Å². The van der Waals surface area contributed by atoms with Crippen molar-refractivity contribution in [1.29, 1.82) is 0 Å². The van der Waals surface area contributed by atoms with Crippen molar-refractivity contribution in [3.8, 4) is 0 Å². The molecule has 1 aliphatic rings. The van der Waals surface area contributed by atoms with Gasteiger partial charge in [-0.3, -0.25) is 0 Å². The zero-order valence-electron chi connectivity index (χ0n) is 12.6. The van der Waals surface area contributed by atoms with Crippen LogP contribution >= 0.6 is 0 Å². The molecule has 0 bridgehead atoms. The maximum Gasteiger partial charge on any atom is 0.176 e. The molecule has 19 heavy (non-hydrogen) atoms. The van der Waals surface area contributed by atoms with Gasteiger partial charge < -0.3 is 10.2 Å². The van der Waals surface area contributed by atoms with Gasteiger partial charge in [0.25, 0.3) is 0 Å². The first kappa shape index (κ1) is 14.4. The number of aryl methyl sites for hydroxylation is 1. The minimum Gasteiger partial charge on any atom is -0.312 e. The van der Waals surface area contributed by atoms with Crippen LogP contribution in [0.3, 0.4) is 0 Å². The van der Waals surface area contributed by atoms with Crippen molar-refractivity contribution in [2.75, 3.05) is 20.6 Å². The van der Waals surface area contributed by atoms with Crippen molar-refractivity contribution in [3.63, 3.8) is 0 Å². The molecule has 6 heteroatoms. The molecule has 0 saturated heterocycles. The number of aromatic nitrogens is 4. The maximum absolute atomic E-state index is 4.33. The van der Waals surface area contributed by atoms with E-state index in [2.05, 4.69) is 46.6 Å². The maximum atomic E-state index is 4.33. The topological polar surface area (TPSA) is 58.9 Å². The lowest BCUT2D eigenvalue weighted by atomic mass is 9.84. The Balaban J connectivity index is 2.18. The van der Waals surface area contributed by atoms with Gasteiger partial charge in [0, 0.05) is 18.0 Å². The average molecular weight is 266 g/mol. The Hall–Kier alpha value is -1.01. The number of likely N-dealkylation sites (N-methyl/N-ethyl adjacent to an activating group) is 2. The normalized spacial score (nSPS) is 20.1. The zero-order chi connectivity index (χ0) is 13.9. The second-order valence-electron chi connectivity index (χ2n) is 5.71. The first-order valence-corrected chi connectivity index (χ1v) is 7.22. The molecule has 1 saturated carbocycles. The highest BCUT2D eigenvalue weighted by molar-refractivity contribution is 5.05. The third-order valence-electron chi connectivity index (χ3n) is 4.40. The van der Waals surface area contributed by atoms with E-state index >= 15 is 0 Å². The number of hydrogen-bond acceptors (Lipinski definition) is 5. The van der Waals surface area contributed by atoms with E-state index in [1.165, 1.54) is 30.5 Å². The molecule has 1 unspecified atom stereocenters. The van der Waals surface area contributed by atoms with Crippen LogP contribution in [0.5, 0.6) is 0 Å². The molecule has 1 atom stereocenters. The van der Waals surface area contributed by atoms with Crippen molar-refractivity contribution in [2.24, 2.45) is 7.05 Å². The Kier molecular flexibility index (Phi) is 4.52. The molecule has 0 aliphatic heterocycles. The summed E-state index contributed by atoms with van der Waals surface area (Å²) in [6.07, 6.45) is 5.97. The fraction of sp³-hybridized carbons (Fsp3) is 0.923. The third-order valence-corrected chi connectivity index (χ3v) is 4.40. The van der Waals surface area contributed by atoms with E-state index in [0.29, 0.717) is 6.04 Å². The summed E-state index contributed by atoms with van der Waals surface area (Å²) in [4.78, 5) is 3.93. The van der Waals surface area contributed by atoms with Crippen LogP contribution in [-0.4, -0.2) is 57.3 Å². The number of tetrazole rings is 1. The lowest BCUT2D eigenvalue weighted by molar-refractivity contribution is 0.104. The zero-order valence-corrected chi connectivity index (χ0v) is 12.6. The Morgan fingerprint density at radius 1 is 1.37 bits per heavy atom. The van der Waals surface area contributed by atoms with E-state index in [1.807, 2.05) is 7.05 Å². The van der Waals surface area contributed by atoms with Crippen molar-refractivity contribution in [1.82, 2.24) is 30.4 Å². The number of hydrogen-bond donors (Lipinski definition) is 1. The number of nitrogens with zero attached hydrogens (tertiary/aromatic N) is 5. The van der Waals surface area contributed by atoms with Gasteiger partial charge in [0.2, 0.25) is 0 Å². The molecule has 0 amide bonds. The molecule has 0 aromatic carbocycles. The quantitative estimate of drug-likeness (QED) is 0.817. The summed E-state index contributed by atoms with van der Waals surface area (Å²) in [5.74, 6) is 0.835. The summed E-state index contributed by atoms with van der Waals surface area (Å²) in [5, 5.41) is 16.1. The largest absolute Gasteiger partial charge is 0.312 e. The van der Waals surface area contributed by atoms with Gasteiger partial charge in [0.1, 0.15) is 0 Å². The molecule has 1 fully saturated rings. The van der Waals surface area contributed by atoms with E-state index < -0.39 is 0 Å². The molecule has 1 aliphatic carbocycles. The smallest absolute Gasteiger partial charge is 0.176 e. The molecule has 1 heterocycles. The SMILES string of the molecule is CCNC(Cc1nnn(C)n1)C1(N(C)C)CCCC1. The van der Waals surface area contributed by atoms with Crippen molar-refractivity contribution < 1.29 is 0 Å². The van der Waals surface area contributed by atoms with Gasteiger partial charge in [-0.1, -0.05) is 19.8 Å². The summed E-state index contributed by atoms with van der Waals surface area (Å²) >= 11 is 0. The Labute approximate surface area is 115 Å². The van der Waals surface area contributed by atoms with Crippen LogP contribution in [0.1, 0.15) is 38.4 Å². The van der Waals surface area contributed by atoms with Crippen molar-refractivity contribution in [3.05, 3.63) is 5.82 Å². The fourth-order valence-electron chi connectivity index (χ4n) is 3.38. The average Bonchev–Trinajstić information content (AvgIpc) is 2.98. The molecule has 1 aromatic heterocycles. The summed E-state index contributed by atoms with van der Waals surface area (Å²) in [6, 6.07) is 0.388. The minimum atomic E-state index is 0.231. The van der Waals surface area contributed by atoms with E-state index in [0.717, 1.165) is 18.8 Å². The summed E-state index contributed by atoms with van der Waals surface area (Å²) in [7, 11) is 6.20. The summed E-state index contributed by atoms with van der Waals surface area (Å²) < 4.78 is 0. The summed E-state index contributed by atoms with van der Waals surface area (Å²) in [6.45, 7) is 3.13. The van der Waals surface area contributed by atoms with Crippen LogP contribution in [0.25, 0.3) is 0 Å². The van der Waals surface area contributed by atoms with Gasteiger partial charge in [-0.2, -0.15) is 4.80 Å². The minimum absolute atomic E-state index is 0.231. The first-order valence-electron chi connectivity index (χ1n) is 7.22. The van der Waals surface area contributed by atoms with Gasteiger partial charge in [-0.05, 0) is 38.7 Å². The molecule has 6 nitrogen and oxygen atoms in total. The fourth-order valence-corrected chi connectivity index (χ4v) is 3.38. The monoisotopic (exact) mass is 266 g/mol. The molecular weight excluding hydrogens is 240 g/mol. The predicted molar refractivity (Wildman–Crippen MR) is 74.9 cm³/mol. The highest BCUT2D eigenvalue weighted by Gasteiger charge is 2.43. The highest BCUT2D eigenvalue weighted by atomic mass is 15.6. The van der Waals surface area contributed by atoms with E-state index in [4.69, 9.17) is 0 Å². The van der Waals surface area contributed by atoms with Gasteiger partial charge >= 0.3 is 0 Å². The standard InChI is InChI=1S/C13H26N6/c1-5-14-11(10-12-15-17-19(4)16-12)13(18(2)3)8-6-7-9-13/h11,14H,5-10H2,1-4H3. The van der Waals surface area contributed by atoms with Gasteiger partial charge in [0.15, 0.2) is 5.82 Å². The molecule has 0 radical (unpaired) electrons. The second-order valence-corrected chi connectivity index (χ2v) is 5.71. The summed E-state index contributed by atoms with van der Waals surface area (Å²) in [5.41, 5.74) is 0.231. The van der Waals surface area contributed by atoms with Crippen LogP contribution in [-0.2, 0) is 13.5 Å². The van der Waals surface area contributed by atoms with Gasteiger partial charge in [0.05, 0.1) is 7.05 Å². The molecule has 1 N–H and O–H groups in total. The van der Waals surface area contributed by atoms with Crippen LogP contribution in [0, 0.1) is 0 Å². The Morgan fingerprint density at radius 3 is 2.53 bits per heavy atom. The van der Waals surface area contributed by atoms with Crippen LogP contribution in [0.4, 0.5) is 0 Å². The highest BCUT2D eigenvalue weighted by Crippen LogP contribution is 2.37. The Morgan fingerprint density at radius 2 is 2.05 bits per heavy atom. The number of nitrogens with one attached hydrogen (secondary N) is 1. The lowest BCUT2D eigenvalue weighted by Gasteiger charge is -2.43. The van der Waals surface area contributed by atoms with Crippen molar-refractivity contribution >= 4 is 0 Å². The number of rotatable bonds is 6. The van der Waals surface area contributed by atoms with E-state index in [-0.39, 0.29) is 5.54 Å². The van der Waals surface area contributed by atoms with Crippen LogP contribution in [0.2, 0.25) is 0 Å². The van der Waals surface area contributed by atoms with Crippen LogP contribution in [0.15, 0.2) is 0 Å². The van der Waals surface area contributed by atoms with E-state index in [9.17, 15) is 0 Å². The van der Waals surface area contributed by atoms with Gasteiger partial charge in [-0.25, -0.2) is 0 Å². The Bertz CT molecular complexity index is 394. The molecule has 108 valence electrons. The molecular formula is C13H26N6. The second kappa shape index (κ2) is 5.96. The molecule has 1 aromatic rings. The third kappa shape index (κ3) is 2.95.